The molecule has 0 saturated heterocycles. The van der Waals surface area contributed by atoms with Crippen molar-refractivity contribution >= 4 is 40.6 Å². The van der Waals surface area contributed by atoms with E-state index in [2.05, 4.69) is 20.7 Å². The van der Waals surface area contributed by atoms with Crippen LogP contribution in [0.3, 0.4) is 0 Å². The first-order chi connectivity index (χ1) is 12.0. The fourth-order valence-corrected chi connectivity index (χ4v) is 2.53. The predicted molar refractivity (Wildman–Crippen MR) is 102 cm³/mol. The number of hydrogen-bond donors (Lipinski definition) is 2. The quantitative estimate of drug-likeness (QED) is 0.668. The first-order valence-corrected chi connectivity index (χ1v) is 8.26. The molecule has 0 amide bonds. The minimum absolute atomic E-state index is 0.266. The fourth-order valence-electron chi connectivity index (χ4n) is 2.14. The van der Waals surface area contributed by atoms with Crippen LogP contribution in [0.4, 0.5) is 16.0 Å². The largest absolute Gasteiger partial charge is 0.332 e. The average molecular weight is 376 g/mol. The van der Waals surface area contributed by atoms with Gasteiger partial charge in [-0.2, -0.15) is 0 Å². The molecule has 8 heteroatoms. The molecule has 3 rings (SSSR count). The Morgan fingerprint density at radius 3 is 2.68 bits per heavy atom. The Bertz CT molecular complexity index is 894. The van der Waals surface area contributed by atoms with Crippen LogP contribution >= 0.6 is 23.8 Å². The molecule has 1 heterocycles. The van der Waals surface area contributed by atoms with E-state index in [9.17, 15) is 4.39 Å². The van der Waals surface area contributed by atoms with Crippen molar-refractivity contribution in [2.24, 2.45) is 0 Å². The zero-order valence-corrected chi connectivity index (χ0v) is 14.9. The highest BCUT2D eigenvalue weighted by molar-refractivity contribution is 7.80. The standard InChI is InChI=1S/C17H15ClFN5S/c1-11-2-7-14(8-15(11)18)21-17(25)22-16-20-10-24(23-16)9-12-3-5-13(19)6-4-12/h2-8,10H,9H2,1H3,(H2,21,22,23,25). The van der Waals surface area contributed by atoms with Crippen molar-refractivity contribution in [2.75, 3.05) is 10.6 Å². The van der Waals surface area contributed by atoms with E-state index >= 15 is 0 Å². The van der Waals surface area contributed by atoms with Crippen LogP contribution < -0.4 is 10.6 Å². The fraction of sp³-hybridized carbons (Fsp3) is 0.118. The molecule has 25 heavy (non-hydrogen) atoms. The van der Waals surface area contributed by atoms with Crippen molar-refractivity contribution in [2.45, 2.75) is 13.5 Å². The van der Waals surface area contributed by atoms with Crippen molar-refractivity contribution in [3.63, 3.8) is 0 Å². The molecule has 0 spiro atoms. The molecular formula is C17H15ClFN5S. The normalized spacial score (nSPS) is 10.5. The third-order valence-electron chi connectivity index (χ3n) is 3.45. The first-order valence-electron chi connectivity index (χ1n) is 7.47. The second kappa shape index (κ2) is 7.58. The molecule has 2 aromatic carbocycles. The number of nitrogens with one attached hydrogen (secondary N) is 2. The molecule has 0 fully saturated rings. The molecule has 5 nitrogen and oxygen atoms in total. The van der Waals surface area contributed by atoms with E-state index in [1.807, 2.05) is 19.1 Å². The second-order valence-electron chi connectivity index (χ2n) is 5.44. The lowest BCUT2D eigenvalue weighted by molar-refractivity contribution is 0.624. The molecule has 0 atom stereocenters. The van der Waals surface area contributed by atoms with Gasteiger partial charge in [0.05, 0.1) is 6.54 Å². The molecule has 0 radical (unpaired) electrons. The van der Waals surface area contributed by atoms with Crippen LogP contribution in [0.1, 0.15) is 11.1 Å². The van der Waals surface area contributed by atoms with Crippen molar-refractivity contribution in [1.82, 2.24) is 14.8 Å². The zero-order chi connectivity index (χ0) is 17.8. The summed E-state index contributed by atoms with van der Waals surface area (Å²) in [5.74, 6) is 0.107. The number of benzene rings is 2. The van der Waals surface area contributed by atoms with Gasteiger partial charge in [0.1, 0.15) is 12.1 Å². The molecule has 0 unspecified atom stereocenters. The molecular weight excluding hydrogens is 361 g/mol. The second-order valence-corrected chi connectivity index (χ2v) is 6.25. The number of rotatable bonds is 4. The number of thiocarbonyl (C=S) groups is 1. The summed E-state index contributed by atoms with van der Waals surface area (Å²) in [4.78, 5) is 4.16. The Balaban J connectivity index is 1.59. The smallest absolute Gasteiger partial charge is 0.248 e. The number of nitrogens with zero attached hydrogens (tertiary/aromatic N) is 3. The van der Waals surface area contributed by atoms with E-state index in [4.69, 9.17) is 23.8 Å². The molecule has 0 bridgehead atoms. The zero-order valence-electron chi connectivity index (χ0n) is 13.3. The molecule has 0 saturated carbocycles. The highest BCUT2D eigenvalue weighted by atomic mass is 35.5. The Kier molecular flexibility index (Phi) is 5.25. The van der Waals surface area contributed by atoms with Crippen LogP contribution in [0.5, 0.6) is 0 Å². The first kappa shape index (κ1) is 17.3. The Labute approximate surface area is 154 Å². The monoisotopic (exact) mass is 375 g/mol. The van der Waals surface area contributed by atoms with Gasteiger partial charge in [0.25, 0.3) is 0 Å². The number of hydrogen-bond acceptors (Lipinski definition) is 3. The summed E-state index contributed by atoms with van der Waals surface area (Å²) in [6, 6.07) is 11.8. The minimum Gasteiger partial charge on any atom is -0.332 e. The van der Waals surface area contributed by atoms with Crippen LogP contribution in [0.25, 0.3) is 0 Å². The lowest BCUT2D eigenvalue weighted by Gasteiger charge is -2.09. The molecule has 3 aromatic rings. The molecule has 1 aromatic heterocycles. The lowest BCUT2D eigenvalue weighted by atomic mass is 10.2. The average Bonchev–Trinajstić information content (AvgIpc) is 3.00. The van der Waals surface area contributed by atoms with Crippen molar-refractivity contribution in [3.8, 4) is 0 Å². The molecule has 0 aliphatic carbocycles. The van der Waals surface area contributed by atoms with Crippen LogP contribution in [0.15, 0.2) is 48.8 Å². The SMILES string of the molecule is Cc1ccc(NC(=S)Nc2ncn(Cc3ccc(F)cc3)n2)cc1Cl. The third-order valence-corrected chi connectivity index (χ3v) is 4.06. The van der Waals surface area contributed by atoms with E-state index < -0.39 is 0 Å². The van der Waals surface area contributed by atoms with Gasteiger partial charge in [-0.05, 0) is 54.5 Å². The van der Waals surface area contributed by atoms with Gasteiger partial charge in [0.15, 0.2) is 5.11 Å². The van der Waals surface area contributed by atoms with E-state index in [1.54, 1.807) is 29.2 Å². The summed E-state index contributed by atoms with van der Waals surface area (Å²) >= 11 is 11.3. The van der Waals surface area contributed by atoms with E-state index in [1.165, 1.54) is 12.1 Å². The molecule has 128 valence electrons. The Morgan fingerprint density at radius 1 is 1.20 bits per heavy atom. The Hall–Kier alpha value is -2.51. The van der Waals surface area contributed by atoms with Gasteiger partial charge in [-0.25, -0.2) is 14.1 Å². The summed E-state index contributed by atoms with van der Waals surface area (Å²) in [7, 11) is 0. The van der Waals surface area contributed by atoms with Crippen molar-refractivity contribution < 1.29 is 4.39 Å². The van der Waals surface area contributed by atoms with E-state index in [0.717, 1.165) is 16.8 Å². The van der Waals surface area contributed by atoms with Gasteiger partial charge in [0, 0.05) is 10.7 Å². The van der Waals surface area contributed by atoms with Crippen LogP contribution in [0.2, 0.25) is 5.02 Å². The van der Waals surface area contributed by atoms with Gasteiger partial charge in [0.2, 0.25) is 5.95 Å². The number of aromatic nitrogens is 3. The topological polar surface area (TPSA) is 54.8 Å². The highest BCUT2D eigenvalue weighted by Crippen LogP contribution is 2.20. The van der Waals surface area contributed by atoms with Crippen molar-refractivity contribution in [1.29, 1.82) is 0 Å². The van der Waals surface area contributed by atoms with E-state index in [-0.39, 0.29) is 5.82 Å². The minimum atomic E-state index is -0.266. The lowest BCUT2D eigenvalue weighted by Crippen LogP contribution is -2.20. The molecule has 0 aliphatic rings. The summed E-state index contributed by atoms with van der Waals surface area (Å²) in [6.45, 7) is 2.42. The molecule has 0 aliphatic heterocycles. The van der Waals surface area contributed by atoms with Gasteiger partial charge >= 0.3 is 0 Å². The maximum atomic E-state index is 12.9. The summed E-state index contributed by atoms with van der Waals surface area (Å²) < 4.78 is 14.6. The van der Waals surface area contributed by atoms with Gasteiger partial charge in [-0.15, -0.1) is 5.10 Å². The number of aryl methyl sites for hydroxylation is 1. The van der Waals surface area contributed by atoms with Crippen LogP contribution in [0, 0.1) is 12.7 Å². The summed E-state index contributed by atoms with van der Waals surface area (Å²) in [5, 5.41) is 11.3. The highest BCUT2D eigenvalue weighted by Gasteiger charge is 2.05. The van der Waals surface area contributed by atoms with Crippen molar-refractivity contribution in [3.05, 3.63) is 70.8 Å². The maximum absolute atomic E-state index is 12.9. The third kappa shape index (κ3) is 4.74. The Morgan fingerprint density at radius 2 is 1.96 bits per heavy atom. The molecule has 2 N–H and O–H groups in total. The summed E-state index contributed by atoms with van der Waals surface area (Å²) in [5.41, 5.74) is 2.69. The maximum Gasteiger partial charge on any atom is 0.248 e. The van der Waals surface area contributed by atoms with Gasteiger partial charge in [-0.3, -0.25) is 5.32 Å². The predicted octanol–water partition coefficient (Wildman–Crippen LogP) is 4.24. The number of anilines is 2. The van der Waals surface area contributed by atoms with Gasteiger partial charge < -0.3 is 5.32 Å². The van der Waals surface area contributed by atoms with Gasteiger partial charge in [-0.1, -0.05) is 29.8 Å². The van der Waals surface area contributed by atoms with Crippen LogP contribution in [-0.2, 0) is 6.54 Å². The summed E-state index contributed by atoms with van der Waals surface area (Å²) in [6.07, 6.45) is 1.58. The number of halogens is 2. The van der Waals surface area contributed by atoms with E-state index in [0.29, 0.717) is 22.6 Å². The van der Waals surface area contributed by atoms with Crippen LogP contribution in [-0.4, -0.2) is 19.9 Å².